The van der Waals surface area contributed by atoms with Gasteiger partial charge in [0.2, 0.25) is 0 Å². The molecule has 0 unspecified atom stereocenters. The third-order valence-corrected chi connectivity index (χ3v) is 5.76. The van der Waals surface area contributed by atoms with E-state index in [9.17, 15) is 4.79 Å². The molecule has 0 spiro atoms. The van der Waals surface area contributed by atoms with Gasteiger partial charge in [0, 0.05) is 0 Å². The minimum absolute atomic E-state index is 0.142. The molecular weight excluding hydrogens is 300 g/mol. The van der Waals surface area contributed by atoms with Gasteiger partial charge in [-0.1, -0.05) is 32.1 Å². The second kappa shape index (κ2) is 5.58. The second-order valence-electron chi connectivity index (χ2n) is 7.40. The van der Waals surface area contributed by atoms with E-state index in [1.807, 2.05) is 35.0 Å². The smallest absolute Gasteiger partial charge is 0.260 e. The van der Waals surface area contributed by atoms with Gasteiger partial charge in [-0.25, -0.2) is 10.4 Å². The van der Waals surface area contributed by atoms with Crippen LogP contribution >= 0.6 is 0 Å². The highest BCUT2D eigenvalue weighted by molar-refractivity contribution is 5.84. The molecule has 1 aromatic heterocycles. The normalized spacial score (nSPS) is 24.7. The maximum absolute atomic E-state index is 12.1. The van der Waals surface area contributed by atoms with Gasteiger partial charge in [-0.05, 0) is 47.8 Å². The Kier molecular flexibility index (Phi) is 3.52. The SMILES string of the molecule is CC1(C)[C@@H]2CC=C(/C=N\NC(=O)Cn3cnc4ccccc43)[C@H]1C2. The molecule has 2 atom stereocenters. The summed E-state index contributed by atoms with van der Waals surface area (Å²) in [6.07, 6.45) is 8.16. The molecule has 0 saturated heterocycles. The molecular formula is C19H22N4O. The Morgan fingerprint density at radius 2 is 2.29 bits per heavy atom. The van der Waals surface area contributed by atoms with Crippen molar-refractivity contribution in [2.75, 3.05) is 0 Å². The summed E-state index contributed by atoms with van der Waals surface area (Å²) < 4.78 is 1.83. The minimum atomic E-state index is -0.142. The number of imidazole rings is 1. The first-order valence-corrected chi connectivity index (χ1v) is 8.47. The molecule has 5 nitrogen and oxygen atoms in total. The number of hydrazone groups is 1. The Balaban J connectivity index is 1.38. The summed E-state index contributed by atoms with van der Waals surface area (Å²) in [6, 6.07) is 7.78. The largest absolute Gasteiger partial charge is 0.321 e. The number of carbonyl (C=O) groups excluding carboxylic acids is 1. The van der Waals surface area contributed by atoms with Crippen LogP contribution in [0, 0.1) is 17.3 Å². The number of carbonyl (C=O) groups is 1. The number of aromatic nitrogens is 2. The Labute approximate surface area is 141 Å². The Hall–Kier alpha value is -2.43. The van der Waals surface area contributed by atoms with E-state index in [-0.39, 0.29) is 12.5 Å². The van der Waals surface area contributed by atoms with E-state index in [0.29, 0.717) is 11.3 Å². The molecule has 1 saturated carbocycles. The van der Waals surface area contributed by atoms with Gasteiger partial charge < -0.3 is 4.57 Å². The molecule has 1 fully saturated rings. The highest BCUT2D eigenvalue weighted by Gasteiger charge is 2.50. The van der Waals surface area contributed by atoms with Crippen LogP contribution in [0.2, 0.25) is 0 Å². The van der Waals surface area contributed by atoms with Gasteiger partial charge in [0.15, 0.2) is 0 Å². The fourth-order valence-electron chi connectivity index (χ4n) is 4.05. The molecule has 0 aliphatic heterocycles. The quantitative estimate of drug-likeness (QED) is 0.694. The molecule has 1 N–H and O–H groups in total. The van der Waals surface area contributed by atoms with Crippen LogP contribution in [0.3, 0.4) is 0 Å². The molecule has 1 aromatic carbocycles. The summed E-state index contributed by atoms with van der Waals surface area (Å²) in [7, 11) is 0. The van der Waals surface area contributed by atoms with Gasteiger partial charge in [-0.2, -0.15) is 5.10 Å². The van der Waals surface area contributed by atoms with Crippen LogP contribution in [0.1, 0.15) is 26.7 Å². The molecule has 5 heteroatoms. The van der Waals surface area contributed by atoms with E-state index in [0.717, 1.165) is 23.4 Å². The molecule has 3 aliphatic rings. The number of benzene rings is 1. The average Bonchev–Trinajstić information content (AvgIpc) is 2.98. The van der Waals surface area contributed by atoms with Gasteiger partial charge in [-0.3, -0.25) is 4.79 Å². The van der Waals surface area contributed by atoms with Crippen LogP contribution in [0.25, 0.3) is 11.0 Å². The first kappa shape index (κ1) is 15.1. The monoisotopic (exact) mass is 322 g/mol. The lowest BCUT2D eigenvalue weighted by atomic mass is 9.49. The molecule has 3 aliphatic carbocycles. The van der Waals surface area contributed by atoms with Crippen LogP contribution in [0.15, 0.2) is 47.3 Å². The molecule has 2 aromatic rings. The number of fused-ring (bicyclic) bond motifs is 2. The van der Waals surface area contributed by atoms with E-state index in [4.69, 9.17) is 0 Å². The fourth-order valence-corrected chi connectivity index (χ4v) is 4.05. The van der Waals surface area contributed by atoms with Gasteiger partial charge in [0.05, 0.1) is 23.6 Å². The molecule has 1 amide bonds. The van der Waals surface area contributed by atoms with Crippen molar-refractivity contribution in [2.45, 2.75) is 33.2 Å². The zero-order chi connectivity index (χ0) is 16.7. The summed E-state index contributed by atoms with van der Waals surface area (Å²) in [4.78, 5) is 16.4. The number of nitrogens with one attached hydrogen (secondary N) is 1. The van der Waals surface area contributed by atoms with E-state index >= 15 is 0 Å². The molecule has 124 valence electrons. The van der Waals surface area contributed by atoms with Crippen LogP contribution < -0.4 is 5.43 Å². The highest BCUT2D eigenvalue weighted by atomic mass is 16.2. The molecule has 1 heterocycles. The van der Waals surface area contributed by atoms with Crippen molar-refractivity contribution in [2.24, 2.45) is 22.4 Å². The predicted molar refractivity (Wildman–Crippen MR) is 94.4 cm³/mol. The molecule has 0 radical (unpaired) electrons. The van der Waals surface area contributed by atoms with Crippen LogP contribution in [0.5, 0.6) is 0 Å². The topological polar surface area (TPSA) is 59.3 Å². The van der Waals surface area contributed by atoms with Crippen molar-refractivity contribution < 1.29 is 4.79 Å². The van der Waals surface area contributed by atoms with Crippen molar-refractivity contribution in [3.8, 4) is 0 Å². The van der Waals surface area contributed by atoms with Crippen LogP contribution in [-0.2, 0) is 11.3 Å². The Morgan fingerprint density at radius 3 is 3.08 bits per heavy atom. The van der Waals surface area contributed by atoms with Crippen LogP contribution in [0.4, 0.5) is 0 Å². The zero-order valence-corrected chi connectivity index (χ0v) is 14.1. The van der Waals surface area contributed by atoms with Gasteiger partial charge in [0.1, 0.15) is 6.54 Å². The number of amides is 1. The summed E-state index contributed by atoms with van der Waals surface area (Å²) >= 11 is 0. The molecule has 2 bridgehead atoms. The fraction of sp³-hybridized carbons (Fsp3) is 0.421. The molecule has 5 rings (SSSR count). The number of nitrogens with zero attached hydrogens (tertiary/aromatic N) is 3. The highest BCUT2D eigenvalue weighted by Crippen LogP contribution is 2.58. The van der Waals surface area contributed by atoms with E-state index in [2.05, 4.69) is 35.4 Å². The summed E-state index contributed by atoms with van der Waals surface area (Å²) in [6.45, 7) is 4.87. The number of hydrogen-bond acceptors (Lipinski definition) is 3. The molecule has 24 heavy (non-hydrogen) atoms. The second-order valence-corrected chi connectivity index (χ2v) is 7.40. The number of hydrogen-bond donors (Lipinski definition) is 1. The number of para-hydroxylation sites is 2. The maximum Gasteiger partial charge on any atom is 0.260 e. The van der Waals surface area contributed by atoms with Crippen molar-refractivity contribution in [3.63, 3.8) is 0 Å². The number of rotatable bonds is 4. The third-order valence-electron chi connectivity index (χ3n) is 5.76. The van der Waals surface area contributed by atoms with Gasteiger partial charge in [-0.15, -0.1) is 0 Å². The third kappa shape index (κ3) is 2.44. The zero-order valence-electron chi connectivity index (χ0n) is 14.1. The first-order chi connectivity index (χ1) is 11.6. The van der Waals surface area contributed by atoms with Crippen LogP contribution in [-0.4, -0.2) is 21.7 Å². The van der Waals surface area contributed by atoms with Gasteiger partial charge in [0.25, 0.3) is 5.91 Å². The minimum Gasteiger partial charge on any atom is -0.321 e. The Bertz CT molecular complexity index is 846. The van der Waals surface area contributed by atoms with Crippen molar-refractivity contribution in [3.05, 3.63) is 42.2 Å². The summed E-state index contributed by atoms with van der Waals surface area (Å²) in [5.41, 5.74) is 6.11. The van der Waals surface area contributed by atoms with Crippen molar-refractivity contribution in [1.29, 1.82) is 0 Å². The maximum atomic E-state index is 12.1. The number of allylic oxidation sites excluding steroid dienone is 2. The van der Waals surface area contributed by atoms with Crippen molar-refractivity contribution in [1.82, 2.24) is 15.0 Å². The average molecular weight is 322 g/mol. The standard InChI is InChI=1S/C19H22N4O/c1-19(2)14-8-7-13(15(19)9-14)10-21-22-18(24)11-23-12-20-16-5-3-4-6-17(16)23/h3-7,10,12,14-15H,8-9,11H2,1-2H3,(H,22,24)/b21-10-/t14-,15-/m1/s1. The van der Waals surface area contributed by atoms with E-state index in [1.165, 1.54) is 12.0 Å². The predicted octanol–water partition coefficient (Wildman–Crippen LogP) is 3.13. The first-order valence-electron chi connectivity index (χ1n) is 8.47. The Morgan fingerprint density at radius 1 is 1.46 bits per heavy atom. The summed E-state index contributed by atoms with van der Waals surface area (Å²) in [5.74, 6) is 1.25. The van der Waals surface area contributed by atoms with E-state index < -0.39 is 0 Å². The van der Waals surface area contributed by atoms with E-state index in [1.54, 1.807) is 6.33 Å². The lowest BCUT2D eigenvalue weighted by molar-refractivity contribution is -0.121. The summed E-state index contributed by atoms with van der Waals surface area (Å²) in [5, 5.41) is 4.17. The van der Waals surface area contributed by atoms with Gasteiger partial charge >= 0.3 is 0 Å². The lowest BCUT2D eigenvalue weighted by Gasteiger charge is -2.55. The lowest BCUT2D eigenvalue weighted by Crippen LogP contribution is -2.48. The van der Waals surface area contributed by atoms with Crippen molar-refractivity contribution >= 4 is 23.2 Å².